The van der Waals surface area contributed by atoms with Gasteiger partial charge in [0.25, 0.3) is 5.56 Å². The molecule has 0 bridgehead atoms. The summed E-state index contributed by atoms with van der Waals surface area (Å²) in [6.07, 6.45) is 0. The summed E-state index contributed by atoms with van der Waals surface area (Å²) in [7, 11) is 0. The van der Waals surface area contributed by atoms with Gasteiger partial charge in [0.05, 0.1) is 0 Å². The molecule has 0 aliphatic rings. The highest BCUT2D eigenvalue weighted by Gasteiger charge is 2.02. The minimum atomic E-state index is -0.00799. The maximum atomic E-state index is 11.4. The van der Waals surface area contributed by atoms with E-state index in [1.54, 1.807) is 10.6 Å². The number of hydrogen-bond donors (Lipinski definition) is 0. The van der Waals surface area contributed by atoms with Gasteiger partial charge in [0.1, 0.15) is 6.73 Å². The zero-order valence-electron chi connectivity index (χ0n) is 7.71. The van der Waals surface area contributed by atoms with Crippen molar-refractivity contribution in [3.63, 3.8) is 0 Å². The van der Waals surface area contributed by atoms with Gasteiger partial charge in [0, 0.05) is 21.9 Å². The van der Waals surface area contributed by atoms with Crippen LogP contribution in [0.2, 0.25) is 0 Å². The molecule has 0 saturated heterocycles. The first-order valence-electron chi connectivity index (χ1n) is 4.10. The molecular formula is C9H12INO2. The summed E-state index contributed by atoms with van der Waals surface area (Å²) in [5, 5.41) is 0. The van der Waals surface area contributed by atoms with E-state index < -0.39 is 0 Å². The molecule has 13 heavy (non-hydrogen) atoms. The molecule has 0 amide bonds. The van der Waals surface area contributed by atoms with Crippen molar-refractivity contribution in [3.05, 3.63) is 31.8 Å². The lowest BCUT2D eigenvalue weighted by Gasteiger charge is -2.10. The number of nitrogens with zero attached hydrogens (tertiary/aromatic N) is 1. The fraction of sp³-hybridized carbons (Fsp3) is 0.444. The van der Waals surface area contributed by atoms with E-state index in [9.17, 15) is 4.79 Å². The zero-order chi connectivity index (χ0) is 9.84. The maximum Gasteiger partial charge on any atom is 0.252 e. The average Bonchev–Trinajstić information content (AvgIpc) is 2.12. The smallest absolute Gasteiger partial charge is 0.252 e. The molecule has 1 heterocycles. The molecule has 0 N–H and O–H groups in total. The predicted molar refractivity (Wildman–Crippen MR) is 59.8 cm³/mol. The molecule has 3 nitrogen and oxygen atoms in total. The first-order valence-corrected chi connectivity index (χ1v) is 5.18. The van der Waals surface area contributed by atoms with Gasteiger partial charge < -0.3 is 4.74 Å². The van der Waals surface area contributed by atoms with Crippen LogP contribution >= 0.6 is 22.6 Å². The molecule has 0 radical (unpaired) electrons. The van der Waals surface area contributed by atoms with Gasteiger partial charge in [0.2, 0.25) is 0 Å². The molecule has 0 aromatic carbocycles. The van der Waals surface area contributed by atoms with Crippen molar-refractivity contribution in [2.24, 2.45) is 0 Å². The van der Waals surface area contributed by atoms with E-state index in [1.807, 2.05) is 19.9 Å². The van der Waals surface area contributed by atoms with Crippen LogP contribution < -0.4 is 5.56 Å². The number of pyridine rings is 1. The van der Waals surface area contributed by atoms with Gasteiger partial charge >= 0.3 is 0 Å². The van der Waals surface area contributed by atoms with Gasteiger partial charge in [-0.25, -0.2) is 0 Å². The van der Waals surface area contributed by atoms with E-state index in [0.29, 0.717) is 13.3 Å². The molecule has 0 unspecified atom stereocenters. The number of rotatable bonds is 3. The number of ether oxygens (including phenoxy) is 1. The fourth-order valence-corrected chi connectivity index (χ4v) is 1.46. The predicted octanol–water partition coefficient (Wildman–Crippen LogP) is 1.76. The Hall–Kier alpha value is -0.360. The van der Waals surface area contributed by atoms with Crippen molar-refractivity contribution in [2.45, 2.75) is 20.6 Å². The molecule has 0 aliphatic carbocycles. The van der Waals surface area contributed by atoms with Crippen LogP contribution in [-0.4, -0.2) is 11.2 Å². The van der Waals surface area contributed by atoms with Crippen LogP contribution in [0.25, 0.3) is 0 Å². The highest BCUT2D eigenvalue weighted by molar-refractivity contribution is 14.1. The van der Waals surface area contributed by atoms with Crippen molar-refractivity contribution in [2.75, 3.05) is 6.61 Å². The van der Waals surface area contributed by atoms with E-state index in [0.717, 1.165) is 9.26 Å². The number of aromatic nitrogens is 1. The molecule has 4 heteroatoms. The highest BCUT2D eigenvalue weighted by Crippen LogP contribution is 2.07. The fourth-order valence-electron chi connectivity index (χ4n) is 0.992. The Morgan fingerprint density at radius 1 is 1.54 bits per heavy atom. The molecule has 0 atom stereocenters. The van der Waals surface area contributed by atoms with Crippen molar-refractivity contribution >= 4 is 22.6 Å². The van der Waals surface area contributed by atoms with E-state index in [4.69, 9.17) is 4.74 Å². The molecule has 1 rings (SSSR count). The summed E-state index contributed by atoms with van der Waals surface area (Å²) in [6, 6.07) is 3.38. The molecule has 72 valence electrons. The van der Waals surface area contributed by atoms with Crippen LogP contribution in [0.3, 0.4) is 0 Å². The summed E-state index contributed by atoms with van der Waals surface area (Å²) in [4.78, 5) is 11.4. The van der Waals surface area contributed by atoms with Crippen LogP contribution in [-0.2, 0) is 11.5 Å². The quantitative estimate of drug-likeness (QED) is 0.795. The van der Waals surface area contributed by atoms with Crippen LogP contribution in [0.15, 0.2) is 16.9 Å². The lowest BCUT2D eigenvalue weighted by atomic mass is 10.4. The lowest BCUT2D eigenvalue weighted by Crippen LogP contribution is -2.23. The van der Waals surface area contributed by atoms with E-state index in [1.165, 1.54) is 0 Å². The molecule has 0 fully saturated rings. The molecule has 1 aromatic rings. The molecule has 0 aliphatic heterocycles. The summed E-state index contributed by atoms with van der Waals surface area (Å²) in [5.74, 6) is 0. The summed E-state index contributed by atoms with van der Waals surface area (Å²) < 4.78 is 7.91. The Morgan fingerprint density at radius 2 is 2.23 bits per heavy atom. The van der Waals surface area contributed by atoms with Crippen molar-refractivity contribution < 1.29 is 4.74 Å². The Kier molecular flexibility index (Phi) is 3.92. The SMILES string of the molecule is CCOCn1c(C)c(I)ccc1=O. The summed E-state index contributed by atoms with van der Waals surface area (Å²) in [5.41, 5.74) is 0.952. The van der Waals surface area contributed by atoms with Gasteiger partial charge in [0.15, 0.2) is 0 Å². The van der Waals surface area contributed by atoms with E-state index >= 15 is 0 Å². The third kappa shape index (κ3) is 2.54. The lowest BCUT2D eigenvalue weighted by molar-refractivity contribution is 0.0838. The topological polar surface area (TPSA) is 31.2 Å². The van der Waals surface area contributed by atoms with E-state index in [2.05, 4.69) is 22.6 Å². The third-order valence-electron chi connectivity index (χ3n) is 1.81. The van der Waals surface area contributed by atoms with Crippen LogP contribution in [0, 0.1) is 10.5 Å². The Labute approximate surface area is 90.9 Å². The molecular weight excluding hydrogens is 281 g/mol. The Bertz CT molecular complexity index is 346. The van der Waals surface area contributed by atoms with Crippen LogP contribution in [0.4, 0.5) is 0 Å². The van der Waals surface area contributed by atoms with Gasteiger partial charge in [-0.2, -0.15) is 0 Å². The number of halogens is 1. The largest absolute Gasteiger partial charge is 0.361 e. The first-order chi connectivity index (χ1) is 6.16. The summed E-state index contributed by atoms with van der Waals surface area (Å²) >= 11 is 2.20. The second-order valence-electron chi connectivity index (χ2n) is 2.65. The van der Waals surface area contributed by atoms with Crippen LogP contribution in [0.5, 0.6) is 0 Å². The molecule has 0 saturated carbocycles. The minimum absolute atomic E-state index is 0.00799. The molecule has 1 aromatic heterocycles. The Morgan fingerprint density at radius 3 is 2.85 bits per heavy atom. The minimum Gasteiger partial charge on any atom is -0.361 e. The standard InChI is InChI=1S/C9H12INO2/c1-3-13-6-11-7(2)8(10)4-5-9(11)12/h4-5H,3,6H2,1-2H3. The first kappa shape index (κ1) is 10.7. The second-order valence-corrected chi connectivity index (χ2v) is 3.82. The van der Waals surface area contributed by atoms with Crippen molar-refractivity contribution in [1.82, 2.24) is 4.57 Å². The second kappa shape index (κ2) is 4.76. The summed E-state index contributed by atoms with van der Waals surface area (Å²) in [6.45, 7) is 4.80. The van der Waals surface area contributed by atoms with Crippen LogP contribution in [0.1, 0.15) is 12.6 Å². The number of hydrogen-bond acceptors (Lipinski definition) is 2. The Balaban J connectivity index is 3.03. The third-order valence-corrected chi connectivity index (χ3v) is 2.95. The van der Waals surface area contributed by atoms with Gasteiger partial charge in [-0.05, 0) is 42.5 Å². The van der Waals surface area contributed by atoms with Gasteiger partial charge in [-0.3, -0.25) is 9.36 Å². The highest BCUT2D eigenvalue weighted by atomic mass is 127. The van der Waals surface area contributed by atoms with Crippen molar-refractivity contribution in [3.8, 4) is 0 Å². The van der Waals surface area contributed by atoms with E-state index in [-0.39, 0.29) is 5.56 Å². The normalized spacial score (nSPS) is 10.4. The van der Waals surface area contributed by atoms with Gasteiger partial charge in [-0.15, -0.1) is 0 Å². The maximum absolute atomic E-state index is 11.4. The monoisotopic (exact) mass is 293 g/mol. The average molecular weight is 293 g/mol. The van der Waals surface area contributed by atoms with Gasteiger partial charge in [-0.1, -0.05) is 0 Å². The molecule has 0 spiro atoms. The van der Waals surface area contributed by atoms with Crippen molar-refractivity contribution in [1.29, 1.82) is 0 Å². The zero-order valence-corrected chi connectivity index (χ0v) is 9.87.